The van der Waals surface area contributed by atoms with Crippen LogP contribution in [0.4, 0.5) is 0 Å². The molecule has 0 fully saturated rings. The van der Waals surface area contributed by atoms with Gasteiger partial charge in [0.15, 0.2) is 0 Å². The minimum atomic E-state index is 0.654. The second kappa shape index (κ2) is 7.68. The van der Waals surface area contributed by atoms with Crippen molar-refractivity contribution < 1.29 is 4.74 Å². The molecule has 0 saturated carbocycles. The number of hydrogen-bond acceptors (Lipinski definition) is 2. The van der Waals surface area contributed by atoms with Crippen LogP contribution in [0.15, 0.2) is 57.5 Å². The number of benzene rings is 2. The van der Waals surface area contributed by atoms with Crippen LogP contribution in [0.3, 0.4) is 0 Å². The Morgan fingerprint density at radius 2 is 1.84 bits per heavy atom. The monoisotopic (exact) mass is 383 g/mol. The predicted octanol–water partition coefficient (Wildman–Crippen LogP) is 4.38. The topological polar surface area (TPSA) is 21.3 Å². The Labute approximate surface area is 130 Å². The highest BCUT2D eigenvalue weighted by molar-refractivity contribution is 9.10. The summed E-state index contributed by atoms with van der Waals surface area (Å²) in [5, 5.41) is 3.36. The zero-order valence-electron chi connectivity index (χ0n) is 10.4. The second-order valence-electron chi connectivity index (χ2n) is 4.07. The molecule has 0 spiro atoms. The lowest BCUT2D eigenvalue weighted by Gasteiger charge is -2.08. The van der Waals surface area contributed by atoms with E-state index in [1.54, 1.807) is 0 Å². The van der Waals surface area contributed by atoms with Gasteiger partial charge >= 0.3 is 0 Å². The molecule has 0 aliphatic carbocycles. The molecule has 4 heteroatoms. The number of nitrogens with one attached hydrogen (secondary N) is 1. The molecule has 0 amide bonds. The molecule has 0 heterocycles. The van der Waals surface area contributed by atoms with Crippen molar-refractivity contribution in [1.82, 2.24) is 5.32 Å². The van der Waals surface area contributed by atoms with Crippen molar-refractivity contribution >= 4 is 31.9 Å². The maximum absolute atomic E-state index is 5.65. The molecular formula is C15H15Br2NO. The Morgan fingerprint density at radius 1 is 1.00 bits per heavy atom. The van der Waals surface area contributed by atoms with E-state index >= 15 is 0 Å². The second-order valence-corrected chi connectivity index (χ2v) is 5.84. The quantitative estimate of drug-likeness (QED) is 0.746. The van der Waals surface area contributed by atoms with Crippen LogP contribution >= 0.6 is 31.9 Å². The van der Waals surface area contributed by atoms with E-state index in [9.17, 15) is 0 Å². The molecule has 2 aromatic carbocycles. The first-order valence-corrected chi connectivity index (χ1v) is 7.67. The Kier molecular flexibility index (Phi) is 5.89. The van der Waals surface area contributed by atoms with Crippen LogP contribution < -0.4 is 10.1 Å². The third kappa shape index (κ3) is 4.97. The minimum absolute atomic E-state index is 0.654. The van der Waals surface area contributed by atoms with Crippen molar-refractivity contribution in [3.05, 3.63) is 63.0 Å². The van der Waals surface area contributed by atoms with Crippen molar-refractivity contribution in [2.45, 2.75) is 6.54 Å². The van der Waals surface area contributed by atoms with Crippen LogP contribution in [0.5, 0.6) is 5.75 Å². The molecule has 2 rings (SSSR count). The molecule has 0 radical (unpaired) electrons. The highest BCUT2D eigenvalue weighted by Crippen LogP contribution is 2.17. The third-order valence-electron chi connectivity index (χ3n) is 2.62. The smallest absolute Gasteiger partial charge is 0.120 e. The van der Waals surface area contributed by atoms with Crippen molar-refractivity contribution in [2.24, 2.45) is 0 Å². The normalized spacial score (nSPS) is 10.4. The number of rotatable bonds is 6. The summed E-state index contributed by atoms with van der Waals surface area (Å²) in [5.41, 5.74) is 1.25. The molecule has 0 saturated heterocycles. The zero-order valence-corrected chi connectivity index (χ0v) is 13.6. The Morgan fingerprint density at radius 3 is 2.63 bits per heavy atom. The molecule has 2 aromatic rings. The first-order chi connectivity index (χ1) is 9.25. The summed E-state index contributed by atoms with van der Waals surface area (Å²) in [6, 6.07) is 16.1. The summed E-state index contributed by atoms with van der Waals surface area (Å²) in [6.07, 6.45) is 0. The number of hydrogen-bond donors (Lipinski definition) is 1. The molecule has 0 aliphatic heterocycles. The maximum atomic E-state index is 5.65. The lowest BCUT2D eigenvalue weighted by Crippen LogP contribution is -2.20. The van der Waals surface area contributed by atoms with Crippen LogP contribution in [0.1, 0.15) is 5.56 Å². The standard InChI is InChI=1S/C15H15Br2NO/c16-13-5-3-6-14(10-13)19-9-8-18-11-12-4-1-2-7-15(12)17/h1-7,10,18H,8-9,11H2. The molecule has 0 bridgehead atoms. The fourth-order valence-electron chi connectivity index (χ4n) is 1.66. The fraction of sp³-hybridized carbons (Fsp3) is 0.200. The third-order valence-corrected chi connectivity index (χ3v) is 3.88. The lowest BCUT2D eigenvalue weighted by atomic mass is 10.2. The average molecular weight is 385 g/mol. The zero-order chi connectivity index (χ0) is 13.5. The molecule has 0 aromatic heterocycles. The van der Waals surface area contributed by atoms with Gasteiger partial charge in [0, 0.05) is 22.0 Å². The summed E-state index contributed by atoms with van der Waals surface area (Å²) in [6.45, 7) is 2.30. The van der Waals surface area contributed by atoms with E-state index in [0.29, 0.717) is 6.61 Å². The fourth-order valence-corrected chi connectivity index (χ4v) is 2.47. The lowest BCUT2D eigenvalue weighted by molar-refractivity contribution is 0.313. The van der Waals surface area contributed by atoms with E-state index in [2.05, 4.69) is 49.3 Å². The van der Waals surface area contributed by atoms with Gasteiger partial charge in [0.25, 0.3) is 0 Å². The van der Waals surface area contributed by atoms with Crippen LogP contribution in [0.2, 0.25) is 0 Å². The molecular weight excluding hydrogens is 370 g/mol. The van der Waals surface area contributed by atoms with E-state index in [4.69, 9.17) is 4.74 Å². The highest BCUT2D eigenvalue weighted by atomic mass is 79.9. The van der Waals surface area contributed by atoms with E-state index in [1.165, 1.54) is 5.56 Å². The molecule has 0 atom stereocenters. The first-order valence-electron chi connectivity index (χ1n) is 6.08. The predicted molar refractivity (Wildman–Crippen MR) is 85.5 cm³/mol. The van der Waals surface area contributed by atoms with E-state index in [0.717, 1.165) is 27.8 Å². The molecule has 2 nitrogen and oxygen atoms in total. The van der Waals surface area contributed by atoms with Gasteiger partial charge in [-0.2, -0.15) is 0 Å². The van der Waals surface area contributed by atoms with Gasteiger partial charge in [-0.25, -0.2) is 0 Å². The van der Waals surface area contributed by atoms with Gasteiger partial charge in [0.1, 0.15) is 12.4 Å². The highest BCUT2D eigenvalue weighted by Gasteiger charge is 1.98. The van der Waals surface area contributed by atoms with Crippen molar-refractivity contribution in [1.29, 1.82) is 0 Å². The van der Waals surface area contributed by atoms with Crippen LogP contribution in [-0.2, 0) is 6.54 Å². The van der Waals surface area contributed by atoms with Crippen molar-refractivity contribution in [2.75, 3.05) is 13.2 Å². The van der Waals surface area contributed by atoms with Crippen LogP contribution in [-0.4, -0.2) is 13.2 Å². The number of ether oxygens (including phenoxy) is 1. The Hall–Kier alpha value is -0.840. The SMILES string of the molecule is Brc1cccc(OCCNCc2ccccc2Br)c1. The van der Waals surface area contributed by atoms with E-state index in [-0.39, 0.29) is 0 Å². The molecule has 100 valence electrons. The van der Waals surface area contributed by atoms with Gasteiger partial charge in [-0.15, -0.1) is 0 Å². The van der Waals surface area contributed by atoms with E-state index < -0.39 is 0 Å². The van der Waals surface area contributed by atoms with Crippen LogP contribution in [0, 0.1) is 0 Å². The average Bonchev–Trinajstić information content (AvgIpc) is 2.40. The van der Waals surface area contributed by atoms with Crippen LogP contribution in [0.25, 0.3) is 0 Å². The van der Waals surface area contributed by atoms with Gasteiger partial charge in [-0.3, -0.25) is 0 Å². The summed E-state index contributed by atoms with van der Waals surface area (Å²) >= 11 is 6.96. The van der Waals surface area contributed by atoms with Gasteiger partial charge in [0.2, 0.25) is 0 Å². The molecule has 1 N–H and O–H groups in total. The summed E-state index contributed by atoms with van der Waals surface area (Å²) in [5.74, 6) is 0.886. The van der Waals surface area contributed by atoms with Crippen molar-refractivity contribution in [3.8, 4) is 5.75 Å². The Bertz CT molecular complexity index is 531. The minimum Gasteiger partial charge on any atom is -0.492 e. The number of halogens is 2. The van der Waals surface area contributed by atoms with Gasteiger partial charge in [-0.1, -0.05) is 56.1 Å². The summed E-state index contributed by atoms with van der Waals surface area (Å²) < 4.78 is 7.82. The van der Waals surface area contributed by atoms with E-state index in [1.807, 2.05) is 36.4 Å². The maximum Gasteiger partial charge on any atom is 0.120 e. The van der Waals surface area contributed by atoms with Gasteiger partial charge in [-0.05, 0) is 29.8 Å². The summed E-state index contributed by atoms with van der Waals surface area (Å²) in [4.78, 5) is 0. The van der Waals surface area contributed by atoms with Gasteiger partial charge in [0.05, 0.1) is 0 Å². The molecule has 0 unspecified atom stereocenters. The first kappa shape index (κ1) is 14.6. The molecule has 19 heavy (non-hydrogen) atoms. The summed E-state index contributed by atoms with van der Waals surface area (Å²) in [7, 11) is 0. The molecule has 0 aliphatic rings. The largest absolute Gasteiger partial charge is 0.492 e. The Balaban J connectivity index is 1.69. The van der Waals surface area contributed by atoms with Gasteiger partial charge < -0.3 is 10.1 Å². The van der Waals surface area contributed by atoms with Crippen molar-refractivity contribution in [3.63, 3.8) is 0 Å².